The van der Waals surface area contributed by atoms with Gasteiger partial charge in [-0.1, -0.05) is 0 Å². The molecule has 0 aromatic carbocycles. The predicted molar refractivity (Wildman–Crippen MR) is 67.8 cm³/mol. The fourth-order valence-corrected chi connectivity index (χ4v) is 2.02. The summed E-state index contributed by atoms with van der Waals surface area (Å²) in [7, 11) is 0. The molecule has 1 aromatic rings. The van der Waals surface area contributed by atoms with Gasteiger partial charge in [-0.3, -0.25) is 4.79 Å². The highest BCUT2D eigenvalue weighted by Gasteiger charge is 2.24. The molecule has 1 aliphatic carbocycles. The van der Waals surface area contributed by atoms with E-state index < -0.39 is 0 Å². The summed E-state index contributed by atoms with van der Waals surface area (Å²) in [4.78, 5) is 18.2. The average molecular weight is 247 g/mol. The molecule has 1 aromatic heterocycles. The van der Waals surface area contributed by atoms with Crippen LogP contribution in [-0.2, 0) is 4.74 Å². The van der Waals surface area contributed by atoms with Crippen molar-refractivity contribution in [3.8, 4) is 0 Å². The minimum Gasteiger partial charge on any atom is -0.378 e. The number of carbonyl (C=O) groups is 1. The Bertz CT molecular complexity index is 422. The van der Waals surface area contributed by atoms with Crippen LogP contribution in [0.3, 0.4) is 0 Å². The number of carbonyl (C=O) groups excluding carboxylic acids is 1. The van der Waals surface area contributed by atoms with E-state index in [2.05, 4.69) is 15.2 Å². The molecule has 2 aliphatic rings. The summed E-state index contributed by atoms with van der Waals surface area (Å²) in [6.45, 7) is 3.28. The fraction of sp³-hybridized carbons (Fsp3) is 0.538. The first-order chi connectivity index (χ1) is 8.83. The second-order valence-electron chi connectivity index (χ2n) is 4.75. The predicted octanol–water partition coefficient (Wildman–Crippen LogP) is 0.810. The Morgan fingerprint density at radius 3 is 2.72 bits per heavy atom. The van der Waals surface area contributed by atoms with E-state index >= 15 is 0 Å². The number of anilines is 1. The Labute approximate surface area is 106 Å². The lowest BCUT2D eigenvalue weighted by atomic mass is 10.3. The molecule has 2 heterocycles. The molecular weight excluding hydrogens is 230 g/mol. The summed E-state index contributed by atoms with van der Waals surface area (Å²) in [6.07, 6.45) is 3.96. The standard InChI is InChI=1S/C13H17N3O2/c17-13(15-10-1-2-10)12-4-3-11(9-14-12)16-5-7-18-8-6-16/h3-4,9-10H,1-2,5-8H2,(H,15,17). The molecule has 0 unspecified atom stereocenters. The van der Waals surface area contributed by atoms with Gasteiger partial charge in [0.2, 0.25) is 0 Å². The van der Waals surface area contributed by atoms with Crippen molar-refractivity contribution < 1.29 is 9.53 Å². The van der Waals surface area contributed by atoms with Crippen LogP contribution in [0, 0.1) is 0 Å². The number of rotatable bonds is 3. The number of aromatic nitrogens is 1. The highest BCUT2D eigenvalue weighted by Crippen LogP contribution is 2.19. The van der Waals surface area contributed by atoms with Gasteiger partial charge in [0.05, 0.1) is 25.1 Å². The molecule has 1 amide bonds. The van der Waals surface area contributed by atoms with E-state index in [9.17, 15) is 4.79 Å². The second kappa shape index (κ2) is 4.94. The van der Waals surface area contributed by atoms with Crippen molar-refractivity contribution in [2.45, 2.75) is 18.9 Å². The fourth-order valence-electron chi connectivity index (χ4n) is 2.02. The molecule has 5 nitrogen and oxygen atoms in total. The first-order valence-corrected chi connectivity index (χ1v) is 6.42. The zero-order chi connectivity index (χ0) is 12.4. The monoisotopic (exact) mass is 247 g/mol. The zero-order valence-electron chi connectivity index (χ0n) is 10.3. The number of ether oxygens (including phenoxy) is 1. The Hall–Kier alpha value is -1.62. The molecule has 0 spiro atoms. The number of hydrogen-bond acceptors (Lipinski definition) is 4. The molecule has 2 fully saturated rings. The number of nitrogens with zero attached hydrogens (tertiary/aromatic N) is 2. The van der Waals surface area contributed by atoms with Crippen molar-refractivity contribution in [1.29, 1.82) is 0 Å². The average Bonchev–Trinajstić information content (AvgIpc) is 3.24. The Balaban J connectivity index is 1.65. The summed E-state index contributed by atoms with van der Waals surface area (Å²) in [5.74, 6) is -0.0639. The van der Waals surface area contributed by atoms with E-state index in [1.165, 1.54) is 0 Å². The van der Waals surface area contributed by atoms with Crippen LogP contribution in [0.1, 0.15) is 23.3 Å². The smallest absolute Gasteiger partial charge is 0.270 e. The quantitative estimate of drug-likeness (QED) is 0.859. The number of amides is 1. The van der Waals surface area contributed by atoms with Gasteiger partial charge in [-0.15, -0.1) is 0 Å². The number of nitrogens with one attached hydrogen (secondary N) is 1. The maximum Gasteiger partial charge on any atom is 0.270 e. The molecule has 96 valence electrons. The molecule has 3 rings (SSSR count). The topological polar surface area (TPSA) is 54.5 Å². The highest BCUT2D eigenvalue weighted by molar-refractivity contribution is 5.92. The van der Waals surface area contributed by atoms with Crippen LogP contribution in [0.4, 0.5) is 5.69 Å². The third kappa shape index (κ3) is 2.61. The van der Waals surface area contributed by atoms with E-state index in [1.54, 1.807) is 12.3 Å². The van der Waals surface area contributed by atoms with E-state index in [1.807, 2.05) is 6.07 Å². The van der Waals surface area contributed by atoms with E-state index in [-0.39, 0.29) is 5.91 Å². The third-order valence-corrected chi connectivity index (χ3v) is 3.27. The normalized spacial score (nSPS) is 19.7. The van der Waals surface area contributed by atoms with Gasteiger partial charge in [-0.2, -0.15) is 0 Å². The van der Waals surface area contributed by atoms with E-state index in [0.29, 0.717) is 11.7 Å². The van der Waals surface area contributed by atoms with Crippen LogP contribution in [0.2, 0.25) is 0 Å². The number of hydrogen-bond donors (Lipinski definition) is 1. The van der Waals surface area contributed by atoms with Crippen LogP contribution < -0.4 is 10.2 Å². The molecule has 0 atom stereocenters. The molecular formula is C13H17N3O2. The number of pyridine rings is 1. The lowest BCUT2D eigenvalue weighted by molar-refractivity contribution is 0.0946. The van der Waals surface area contributed by atoms with Crippen molar-refractivity contribution in [3.63, 3.8) is 0 Å². The van der Waals surface area contributed by atoms with Gasteiger partial charge in [0.15, 0.2) is 0 Å². The van der Waals surface area contributed by atoms with Crippen LogP contribution in [0.15, 0.2) is 18.3 Å². The maximum absolute atomic E-state index is 11.8. The minimum absolute atomic E-state index is 0.0639. The molecule has 1 saturated carbocycles. The van der Waals surface area contributed by atoms with Crippen molar-refractivity contribution in [2.24, 2.45) is 0 Å². The lowest BCUT2D eigenvalue weighted by Crippen LogP contribution is -2.36. The van der Waals surface area contributed by atoms with Crippen LogP contribution in [0.25, 0.3) is 0 Å². The zero-order valence-corrected chi connectivity index (χ0v) is 10.3. The maximum atomic E-state index is 11.8. The molecule has 1 N–H and O–H groups in total. The van der Waals surface area contributed by atoms with Gasteiger partial charge in [-0.25, -0.2) is 4.98 Å². The first kappa shape index (κ1) is 11.5. The number of morpholine rings is 1. The molecule has 0 bridgehead atoms. The SMILES string of the molecule is O=C(NC1CC1)c1ccc(N2CCOCC2)cn1. The Morgan fingerprint density at radius 1 is 1.33 bits per heavy atom. The van der Waals surface area contributed by atoms with Gasteiger partial charge in [0, 0.05) is 19.1 Å². The molecule has 1 aliphatic heterocycles. The summed E-state index contributed by atoms with van der Waals surface area (Å²) >= 11 is 0. The van der Waals surface area contributed by atoms with E-state index in [0.717, 1.165) is 44.8 Å². The van der Waals surface area contributed by atoms with Gasteiger partial charge >= 0.3 is 0 Å². The van der Waals surface area contributed by atoms with Crippen LogP contribution in [-0.4, -0.2) is 43.2 Å². The van der Waals surface area contributed by atoms with Crippen molar-refractivity contribution >= 4 is 11.6 Å². The second-order valence-corrected chi connectivity index (χ2v) is 4.75. The first-order valence-electron chi connectivity index (χ1n) is 6.42. The molecule has 5 heteroatoms. The lowest BCUT2D eigenvalue weighted by Gasteiger charge is -2.28. The van der Waals surface area contributed by atoms with Gasteiger partial charge < -0.3 is 15.0 Å². The molecule has 0 radical (unpaired) electrons. The van der Waals surface area contributed by atoms with Crippen molar-refractivity contribution in [2.75, 3.05) is 31.2 Å². The Morgan fingerprint density at radius 2 is 2.11 bits per heavy atom. The van der Waals surface area contributed by atoms with Gasteiger partial charge in [0.25, 0.3) is 5.91 Å². The van der Waals surface area contributed by atoms with Crippen LogP contribution >= 0.6 is 0 Å². The third-order valence-electron chi connectivity index (χ3n) is 3.27. The van der Waals surface area contributed by atoms with Crippen LogP contribution in [0.5, 0.6) is 0 Å². The van der Waals surface area contributed by atoms with Crippen molar-refractivity contribution in [1.82, 2.24) is 10.3 Å². The van der Waals surface area contributed by atoms with Gasteiger partial charge in [0.1, 0.15) is 5.69 Å². The Kier molecular flexibility index (Phi) is 3.15. The van der Waals surface area contributed by atoms with E-state index in [4.69, 9.17) is 4.74 Å². The highest BCUT2D eigenvalue weighted by atomic mass is 16.5. The van der Waals surface area contributed by atoms with Gasteiger partial charge in [-0.05, 0) is 25.0 Å². The largest absolute Gasteiger partial charge is 0.378 e. The summed E-state index contributed by atoms with van der Waals surface area (Å²) in [6, 6.07) is 4.13. The summed E-state index contributed by atoms with van der Waals surface area (Å²) in [5, 5.41) is 2.93. The molecule has 18 heavy (non-hydrogen) atoms. The summed E-state index contributed by atoms with van der Waals surface area (Å²) < 4.78 is 5.31. The molecule has 1 saturated heterocycles. The summed E-state index contributed by atoms with van der Waals surface area (Å²) in [5.41, 5.74) is 1.56. The minimum atomic E-state index is -0.0639. The van der Waals surface area contributed by atoms with Crippen molar-refractivity contribution in [3.05, 3.63) is 24.0 Å².